The number of anilines is 1. The molecule has 0 saturated carbocycles. The second-order valence-corrected chi connectivity index (χ2v) is 3.87. The van der Waals surface area contributed by atoms with E-state index in [2.05, 4.69) is 19.9 Å². The zero-order chi connectivity index (χ0) is 11.5. The molecule has 0 fully saturated rings. The molecule has 0 aliphatic heterocycles. The minimum atomic E-state index is 0. The molecule has 0 saturated heterocycles. The van der Waals surface area contributed by atoms with Crippen LogP contribution in [0.1, 0.15) is 11.1 Å². The van der Waals surface area contributed by atoms with Crippen LogP contribution in [0.3, 0.4) is 0 Å². The van der Waals surface area contributed by atoms with Crippen LogP contribution >= 0.6 is 0 Å². The second-order valence-electron chi connectivity index (χ2n) is 3.87. The van der Waals surface area contributed by atoms with Gasteiger partial charge in [-0.15, -0.1) is 0 Å². The Kier molecular flexibility index (Phi) is 4.41. The van der Waals surface area contributed by atoms with Gasteiger partial charge in [-0.05, 0) is 55.3 Å². The SMILES string of the molecule is Cc1cccc(Oc2ccc(N)cc2)c1C.[Cl-]. The fraction of sp³-hybridized carbons (Fsp3) is 0.143. The van der Waals surface area contributed by atoms with Crippen molar-refractivity contribution in [3.8, 4) is 11.5 Å². The van der Waals surface area contributed by atoms with E-state index in [9.17, 15) is 0 Å². The molecule has 2 N–H and O–H groups in total. The maximum absolute atomic E-state index is 5.79. The van der Waals surface area contributed by atoms with Gasteiger partial charge in [0.1, 0.15) is 11.5 Å². The fourth-order valence-electron chi connectivity index (χ4n) is 1.50. The number of rotatable bonds is 2. The van der Waals surface area contributed by atoms with E-state index >= 15 is 0 Å². The van der Waals surface area contributed by atoms with Crippen LogP contribution in [0.2, 0.25) is 0 Å². The summed E-state index contributed by atoms with van der Waals surface area (Å²) in [5.41, 5.74) is 8.76. The molecule has 0 atom stereocenters. The molecule has 90 valence electrons. The molecule has 0 spiro atoms. The van der Waals surface area contributed by atoms with Gasteiger partial charge < -0.3 is 22.9 Å². The second kappa shape index (κ2) is 5.60. The van der Waals surface area contributed by atoms with Gasteiger partial charge in [0.25, 0.3) is 0 Å². The number of hydrogen-bond acceptors (Lipinski definition) is 2. The average molecular weight is 249 g/mol. The lowest BCUT2D eigenvalue weighted by molar-refractivity contribution is -0.00000385. The van der Waals surface area contributed by atoms with Crippen LogP contribution in [0, 0.1) is 13.8 Å². The normalized spacial score (nSPS) is 9.53. The summed E-state index contributed by atoms with van der Waals surface area (Å²) in [6.07, 6.45) is 0. The van der Waals surface area contributed by atoms with E-state index in [0.29, 0.717) is 0 Å². The minimum absolute atomic E-state index is 0. The van der Waals surface area contributed by atoms with Crippen molar-refractivity contribution < 1.29 is 17.1 Å². The van der Waals surface area contributed by atoms with Crippen molar-refractivity contribution in [1.29, 1.82) is 0 Å². The van der Waals surface area contributed by atoms with Crippen LogP contribution in [-0.2, 0) is 0 Å². The standard InChI is InChI=1S/C14H15NO.ClH/c1-10-4-3-5-14(11(10)2)16-13-8-6-12(15)7-9-13;/h3-9H,15H2,1-2H3;1H/p-1. The highest BCUT2D eigenvalue weighted by molar-refractivity contribution is 5.45. The van der Waals surface area contributed by atoms with Gasteiger partial charge in [0.2, 0.25) is 0 Å². The van der Waals surface area contributed by atoms with Gasteiger partial charge in [0.05, 0.1) is 0 Å². The molecule has 2 aromatic carbocycles. The van der Waals surface area contributed by atoms with Crippen LogP contribution in [0.4, 0.5) is 5.69 Å². The first-order valence-electron chi connectivity index (χ1n) is 5.26. The molecule has 0 amide bonds. The maximum Gasteiger partial charge on any atom is 0.130 e. The van der Waals surface area contributed by atoms with Gasteiger partial charge in [0, 0.05) is 5.69 Å². The van der Waals surface area contributed by atoms with Crippen molar-refractivity contribution in [1.82, 2.24) is 0 Å². The van der Waals surface area contributed by atoms with Crippen LogP contribution in [0.15, 0.2) is 42.5 Å². The molecular formula is C14H15ClNO-. The van der Waals surface area contributed by atoms with E-state index in [-0.39, 0.29) is 12.4 Å². The molecule has 0 aliphatic rings. The molecule has 0 unspecified atom stereocenters. The van der Waals surface area contributed by atoms with Gasteiger partial charge in [-0.1, -0.05) is 12.1 Å². The van der Waals surface area contributed by atoms with Gasteiger partial charge >= 0.3 is 0 Å². The zero-order valence-corrected chi connectivity index (χ0v) is 10.7. The number of hydrogen-bond donors (Lipinski definition) is 1. The average Bonchev–Trinajstić information content (AvgIpc) is 2.28. The van der Waals surface area contributed by atoms with Gasteiger partial charge in [-0.2, -0.15) is 0 Å². The largest absolute Gasteiger partial charge is 1.00 e. The Labute approximate surface area is 108 Å². The van der Waals surface area contributed by atoms with E-state index in [1.54, 1.807) is 0 Å². The number of aryl methyl sites for hydroxylation is 1. The molecule has 2 aromatic rings. The van der Waals surface area contributed by atoms with Gasteiger partial charge in [-0.25, -0.2) is 0 Å². The summed E-state index contributed by atoms with van der Waals surface area (Å²) in [5, 5.41) is 0. The van der Waals surface area contributed by atoms with Crippen molar-refractivity contribution in [3.63, 3.8) is 0 Å². The van der Waals surface area contributed by atoms with Crippen molar-refractivity contribution >= 4 is 5.69 Å². The van der Waals surface area contributed by atoms with E-state index < -0.39 is 0 Å². The Morgan fingerprint density at radius 3 is 2.24 bits per heavy atom. The third-order valence-electron chi connectivity index (χ3n) is 2.66. The summed E-state index contributed by atoms with van der Waals surface area (Å²) in [7, 11) is 0. The summed E-state index contributed by atoms with van der Waals surface area (Å²) in [5.74, 6) is 1.70. The van der Waals surface area contributed by atoms with Crippen LogP contribution < -0.4 is 22.9 Å². The molecule has 3 heteroatoms. The Morgan fingerprint density at radius 1 is 0.941 bits per heavy atom. The molecule has 0 aliphatic carbocycles. The molecule has 0 aromatic heterocycles. The van der Waals surface area contributed by atoms with E-state index in [1.807, 2.05) is 36.4 Å². The van der Waals surface area contributed by atoms with Crippen molar-refractivity contribution in [3.05, 3.63) is 53.6 Å². The predicted molar refractivity (Wildman–Crippen MR) is 66.8 cm³/mol. The highest BCUT2D eigenvalue weighted by Crippen LogP contribution is 2.27. The number of benzene rings is 2. The molecular weight excluding hydrogens is 234 g/mol. The fourth-order valence-corrected chi connectivity index (χ4v) is 1.50. The Hall–Kier alpha value is -1.67. The van der Waals surface area contributed by atoms with Crippen LogP contribution in [-0.4, -0.2) is 0 Å². The number of nitrogens with two attached hydrogens (primary N) is 1. The lowest BCUT2D eigenvalue weighted by Crippen LogP contribution is -3.00. The molecule has 0 radical (unpaired) electrons. The van der Waals surface area contributed by atoms with E-state index in [1.165, 1.54) is 11.1 Å². The van der Waals surface area contributed by atoms with Gasteiger partial charge in [-0.3, -0.25) is 0 Å². The monoisotopic (exact) mass is 248 g/mol. The van der Waals surface area contributed by atoms with E-state index in [0.717, 1.165) is 17.2 Å². The highest BCUT2D eigenvalue weighted by Gasteiger charge is 2.02. The van der Waals surface area contributed by atoms with E-state index in [4.69, 9.17) is 10.5 Å². The molecule has 2 nitrogen and oxygen atoms in total. The topological polar surface area (TPSA) is 35.2 Å². The third-order valence-corrected chi connectivity index (χ3v) is 2.66. The summed E-state index contributed by atoms with van der Waals surface area (Å²) in [4.78, 5) is 0. The predicted octanol–water partition coefficient (Wildman–Crippen LogP) is 0.682. The number of nitrogen functional groups attached to an aromatic ring is 1. The first kappa shape index (κ1) is 13.4. The summed E-state index contributed by atoms with van der Waals surface area (Å²) < 4.78 is 5.79. The molecule has 0 bridgehead atoms. The first-order chi connectivity index (χ1) is 7.66. The van der Waals surface area contributed by atoms with Gasteiger partial charge in [0.15, 0.2) is 0 Å². The van der Waals surface area contributed by atoms with Crippen LogP contribution in [0.5, 0.6) is 11.5 Å². The summed E-state index contributed by atoms with van der Waals surface area (Å²) in [6, 6.07) is 13.5. The Balaban J connectivity index is 0.00000144. The third kappa shape index (κ3) is 3.14. The van der Waals surface area contributed by atoms with Crippen LogP contribution in [0.25, 0.3) is 0 Å². The Bertz CT molecular complexity index is 494. The Morgan fingerprint density at radius 2 is 1.59 bits per heavy atom. The zero-order valence-electron chi connectivity index (χ0n) is 9.91. The number of halogens is 1. The molecule has 17 heavy (non-hydrogen) atoms. The lowest BCUT2D eigenvalue weighted by atomic mass is 10.1. The van der Waals surface area contributed by atoms with Crippen molar-refractivity contribution in [2.75, 3.05) is 5.73 Å². The number of ether oxygens (including phenoxy) is 1. The lowest BCUT2D eigenvalue weighted by Gasteiger charge is -2.10. The smallest absolute Gasteiger partial charge is 0.130 e. The van der Waals surface area contributed by atoms with Crippen molar-refractivity contribution in [2.45, 2.75) is 13.8 Å². The highest BCUT2D eigenvalue weighted by atomic mass is 35.5. The summed E-state index contributed by atoms with van der Waals surface area (Å²) >= 11 is 0. The first-order valence-corrected chi connectivity index (χ1v) is 5.26. The maximum atomic E-state index is 5.79. The quantitative estimate of drug-likeness (QED) is 0.794. The molecule has 0 heterocycles. The van der Waals surface area contributed by atoms with Crippen molar-refractivity contribution in [2.24, 2.45) is 0 Å². The minimum Gasteiger partial charge on any atom is -1.00 e. The summed E-state index contributed by atoms with van der Waals surface area (Å²) in [6.45, 7) is 4.13. The molecule has 2 rings (SSSR count).